The average Bonchev–Trinajstić information content (AvgIpc) is 3.11. The van der Waals surface area contributed by atoms with Gasteiger partial charge in [-0.2, -0.15) is 5.10 Å². The van der Waals surface area contributed by atoms with Gasteiger partial charge in [-0.25, -0.2) is 5.43 Å². The standard InChI is InChI=1S/C18H14ClN3O3/c1-24-17-4-2-13(10-15(17)19)16-5-3-14(25-16)11-21-22-18(23)12-6-8-20-9-7-12/h2-11H,1H3,(H,22,23)/b21-11+. The van der Waals surface area contributed by atoms with Crippen LogP contribution < -0.4 is 10.2 Å². The third-order valence-corrected chi connectivity index (χ3v) is 3.66. The SMILES string of the molecule is COc1ccc(-c2ccc(/C=N/NC(=O)c3ccncc3)o2)cc1Cl. The molecule has 3 aromatic rings. The van der Waals surface area contributed by atoms with Crippen molar-refractivity contribution in [3.05, 3.63) is 71.2 Å². The molecule has 1 N–H and O–H groups in total. The Morgan fingerprint density at radius 3 is 2.76 bits per heavy atom. The number of aromatic nitrogens is 1. The number of hydrazone groups is 1. The second-order valence-electron chi connectivity index (χ2n) is 4.99. The van der Waals surface area contributed by atoms with Crippen molar-refractivity contribution in [1.29, 1.82) is 0 Å². The van der Waals surface area contributed by atoms with Gasteiger partial charge in [-0.3, -0.25) is 9.78 Å². The molecule has 0 saturated heterocycles. The van der Waals surface area contributed by atoms with Gasteiger partial charge < -0.3 is 9.15 Å². The lowest BCUT2D eigenvalue weighted by Gasteiger charge is -2.04. The predicted molar refractivity (Wildman–Crippen MR) is 95.0 cm³/mol. The van der Waals surface area contributed by atoms with Gasteiger partial charge >= 0.3 is 0 Å². The van der Waals surface area contributed by atoms with Gasteiger partial charge in [-0.1, -0.05) is 11.6 Å². The molecule has 1 amide bonds. The van der Waals surface area contributed by atoms with E-state index in [-0.39, 0.29) is 5.91 Å². The second kappa shape index (κ2) is 7.63. The van der Waals surface area contributed by atoms with E-state index in [2.05, 4.69) is 15.5 Å². The number of hydrogen-bond acceptors (Lipinski definition) is 5. The Balaban J connectivity index is 1.67. The van der Waals surface area contributed by atoms with E-state index in [4.69, 9.17) is 20.8 Å². The molecule has 0 aliphatic rings. The molecule has 0 fully saturated rings. The molecular weight excluding hydrogens is 342 g/mol. The summed E-state index contributed by atoms with van der Waals surface area (Å²) in [5, 5.41) is 4.38. The molecule has 0 bridgehead atoms. The summed E-state index contributed by atoms with van der Waals surface area (Å²) in [6.45, 7) is 0. The summed E-state index contributed by atoms with van der Waals surface area (Å²) < 4.78 is 10.8. The maximum absolute atomic E-state index is 11.8. The molecule has 0 atom stereocenters. The Morgan fingerprint density at radius 1 is 1.24 bits per heavy atom. The molecule has 0 spiro atoms. The zero-order chi connectivity index (χ0) is 17.6. The second-order valence-corrected chi connectivity index (χ2v) is 5.39. The van der Waals surface area contributed by atoms with Crippen LogP contribution in [0.2, 0.25) is 5.02 Å². The minimum atomic E-state index is -0.327. The molecule has 2 aromatic heterocycles. The van der Waals surface area contributed by atoms with Gasteiger partial charge in [0, 0.05) is 23.5 Å². The van der Waals surface area contributed by atoms with Crippen molar-refractivity contribution in [2.45, 2.75) is 0 Å². The van der Waals surface area contributed by atoms with Crippen LogP contribution in [0.4, 0.5) is 0 Å². The molecule has 0 aliphatic carbocycles. The van der Waals surface area contributed by atoms with Crippen molar-refractivity contribution in [1.82, 2.24) is 10.4 Å². The van der Waals surface area contributed by atoms with Crippen LogP contribution in [0.1, 0.15) is 16.1 Å². The lowest BCUT2D eigenvalue weighted by atomic mass is 10.2. The van der Waals surface area contributed by atoms with Crippen molar-refractivity contribution in [2.24, 2.45) is 5.10 Å². The summed E-state index contributed by atoms with van der Waals surface area (Å²) in [5.41, 5.74) is 3.71. The smallest absolute Gasteiger partial charge is 0.271 e. The van der Waals surface area contributed by atoms with Crippen LogP contribution in [0.25, 0.3) is 11.3 Å². The number of nitrogens with one attached hydrogen (secondary N) is 1. The third-order valence-electron chi connectivity index (χ3n) is 3.36. The summed E-state index contributed by atoms with van der Waals surface area (Å²) in [5.74, 6) is 1.40. The van der Waals surface area contributed by atoms with Crippen LogP contribution in [0, 0.1) is 0 Å². The van der Waals surface area contributed by atoms with E-state index in [0.717, 1.165) is 5.56 Å². The maximum Gasteiger partial charge on any atom is 0.271 e. The van der Waals surface area contributed by atoms with Crippen molar-refractivity contribution in [3.8, 4) is 17.1 Å². The Kier molecular flexibility index (Phi) is 5.11. The molecule has 2 heterocycles. The molecule has 0 aliphatic heterocycles. The number of nitrogens with zero attached hydrogens (tertiary/aromatic N) is 2. The molecule has 6 nitrogen and oxygen atoms in total. The van der Waals surface area contributed by atoms with Gasteiger partial charge in [0.05, 0.1) is 18.3 Å². The van der Waals surface area contributed by atoms with Gasteiger partial charge in [0.1, 0.15) is 17.3 Å². The first-order valence-corrected chi connectivity index (χ1v) is 7.72. The van der Waals surface area contributed by atoms with Crippen LogP contribution >= 0.6 is 11.6 Å². The molecule has 25 heavy (non-hydrogen) atoms. The number of halogens is 1. The highest BCUT2D eigenvalue weighted by molar-refractivity contribution is 6.32. The summed E-state index contributed by atoms with van der Waals surface area (Å²) in [6, 6.07) is 12.1. The van der Waals surface area contributed by atoms with Gasteiger partial charge in [0.15, 0.2) is 0 Å². The minimum absolute atomic E-state index is 0.327. The van der Waals surface area contributed by atoms with Crippen LogP contribution in [0.5, 0.6) is 5.75 Å². The van der Waals surface area contributed by atoms with Crippen molar-refractivity contribution < 1.29 is 13.9 Å². The summed E-state index contributed by atoms with van der Waals surface area (Å²) in [4.78, 5) is 15.7. The molecule has 3 rings (SSSR count). The molecule has 0 unspecified atom stereocenters. The van der Waals surface area contributed by atoms with E-state index in [1.54, 1.807) is 43.5 Å². The van der Waals surface area contributed by atoms with Crippen molar-refractivity contribution in [3.63, 3.8) is 0 Å². The fourth-order valence-electron chi connectivity index (χ4n) is 2.12. The average molecular weight is 356 g/mol. The van der Waals surface area contributed by atoms with Crippen LogP contribution in [0.3, 0.4) is 0 Å². The predicted octanol–water partition coefficient (Wildman–Crippen LogP) is 3.77. The van der Waals surface area contributed by atoms with Gasteiger partial charge in [-0.15, -0.1) is 0 Å². The molecular formula is C18H14ClN3O3. The van der Waals surface area contributed by atoms with E-state index in [0.29, 0.717) is 27.9 Å². The van der Waals surface area contributed by atoms with E-state index >= 15 is 0 Å². The molecule has 7 heteroatoms. The number of ether oxygens (including phenoxy) is 1. The number of carbonyl (C=O) groups excluding carboxylic acids is 1. The first-order chi connectivity index (χ1) is 12.2. The van der Waals surface area contributed by atoms with Gasteiger partial charge in [0.25, 0.3) is 5.91 Å². The summed E-state index contributed by atoms with van der Waals surface area (Å²) in [7, 11) is 1.56. The Bertz CT molecular complexity index is 907. The lowest BCUT2D eigenvalue weighted by molar-refractivity contribution is 0.0955. The monoisotopic (exact) mass is 355 g/mol. The Morgan fingerprint density at radius 2 is 2.04 bits per heavy atom. The van der Waals surface area contributed by atoms with Crippen molar-refractivity contribution in [2.75, 3.05) is 7.11 Å². The Labute approximate surface area is 149 Å². The first-order valence-electron chi connectivity index (χ1n) is 7.34. The van der Waals surface area contributed by atoms with Crippen molar-refractivity contribution >= 4 is 23.7 Å². The van der Waals surface area contributed by atoms with E-state index in [1.807, 2.05) is 6.07 Å². The van der Waals surface area contributed by atoms with Crippen LogP contribution in [0.15, 0.2) is 64.4 Å². The summed E-state index contributed by atoms with van der Waals surface area (Å²) >= 11 is 6.12. The topological polar surface area (TPSA) is 76.7 Å². The number of furan rings is 1. The zero-order valence-corrected chi connectivity index (χ0v) is 14.0. The fraction of sp³-hybridized carbons (Fsp3) is 0.0556. The van der Waals surface area contributed by atoms with Gasteiger partial charge in [0.2, 0.25) is 0 Å². The highest BCUT2D eigenvalue weighted by Crippen LogP contribution is 2.30. The highest BCUT2D eigenvalue weighted by Gasteiger charge is 2.08. The summed E-state index contributed by atoms with van der Waals surface area (Å²) in [6.07, 6.45) is 4.50. The van der Waals surface area contributed by atoms with E-state index < -0.39 is 0 Å². The highest BCUT2D eigenvalue weighted by atomic mass is 35.5. The first kappa shape index (κ1) is 16.7. The minimum Gasteiger partial charge on any atom is -0.495 e. The quantitative estimate of drug-likeness (QED) is 0.558. The number of methoxy groups -OCH3 is 1. The third kappa shape index (κ3) is 4.05. The maximum atomic E-state index is 11.8. The van der Waals surface area contributed by atoms with E-state index in [1.165, 1.54) is 18.6 Å². The number of hydrogen-bond donors (Lipinski definition) is 1. The van der Waals surface area contributed by atoms with Crippen LogP contribution in [-0.4, -0.2) is 24.2 Å². The Hall–Kier alpha value is -3.12. The largest absolute Gasteiger partial charge is 0.495 e. The van der Waals surface area contributed by atoms with Gasteiger partial charge in [-0.05, 0) is 42.5 Å². The molecule has 126 valence electrons. The normalized spacial score (nSPS) is 10.8. The number of benzene rings is 1. The van der Waals surface area contributed by atoms with Crippen LogP contribution in [-0.2, 0) is 0 Å². The molecule has 1 aromatic carbocycles. The van der Waals surface area contributed by atoms with E-state index in [9.17, 15) is 4.79 Å². The number of amides is 1. The molecule has 0 radical (unpaired) electrons. The zero-order valence-electron chi connectivity index (χ0n) is 13.3. The molecule has 0 saturated carbocycles. The number of pyridine rings is 1. The fourth-order valence-corrected chi connectivity index (χ4v) is 2.38. The number of carbonyl (C=O) groups is 1. The lowest BCUT2D eigenvalue weighted by Crippen LogP contribution is -2.17. The number of rotatable bonds is 5.